The van der Waals surface area contributed by atoms with E-state index < -0.39 is 0 Å². The summed E-state index contributed by atoms with van der Waals surface area (Å²) in [6.45, 7) is 0. The van der Waals surface area contributed by atoms with Gasteiger partial charge in [-0.3, -0.25) is 0 Å². The second-order valence-electron chi connectivity index (χ2n) is 6.18. The Labute approximate surface area is 134 Å². The van der Waals surface area contributed by atoms with Crippen molar-refractivity contribution >= 4 is 5.57 Å². The second kappa shape index (κ2) is 6.87. The molecule has 0 radical (unpaired) electrons. The van der Waals surface area contributed by atoms with Gasteiger partial charge in [0.15, 0.2) is 0 Å². The highest BCUT2D eigenvalue weighted by atomic mass is 15.2. The highest BCUT2D eigenvalue weighted by Gasteiger charge is 2.21. The quantitative estimate of drug-likeness (QED) is 0.889. The smallest absolute Gasteiger partial charge is 0.0505 e. The summed E-state index contributed by atoms with van der Waals surface area (Å²) in [5.41, 5.74) is 5.59. The lowest BCUT2D eigenvalue weighted by molar-refractivity contribution is 0.322. The third-order valence-electron chi connectivity index (χ3n) is 4.85. The molecule has 1 atom stereocenters. The summed E-state index contributed by atoms with van der Waals surface area (Å²) in [5.74, 6) is 0. The number of allylic oxidation sites excluding steroid dienone is 4. The third kappa shape index (κ3) is 3.11. The van der Waals surface area contributed by atoms with Gasteiger partial charge < -0.3 is 10.2 Å². The molecule has 0 aliphatic heterocycles. The van der Waals surface area contributed by atoms with Crippen LogP contribution in [0.4, 0.5) is 0 Å². The first kappa shape index (κ1) is 15.0. The zero-order valence-corrected chi connectivity index (χ0v) is 13.7. The van der Waals surface area contributed by atoms with Crippen LogP contribution in [0.15, 0.2) is 60.0 Å². The van der Waals surface area contributed by atoms with Gasteiger partial charge in [0.1, 0.15) is 0 Å². The van der Waals surface area contributed by atoms with E-state index in [0.29, 0.717) is 6.04 Å². The summed E-state index contributed by atoms with van der Waals surface area (Å²) in [6, 6.07) is 11.1. The molecule has 1 aromatic rings. The van der Waals surface area contributed by atoms with Gasteiger partial charge in [-0.2, -0.15) is 0 Å². The third-order valence-corrected chi connectivity index (χ3v) is 4.85. The SMILES string of the molecule is CNC1=C(N(C)C2C=CC(c3ccccc3)=CC2)CCCC1. The Morgan fingerprint density at radius 2 is 1.86 bits per heavy atom. The maximum absolute atomic E-state index is 3.41. The van der Waals surface area contributed by atoms with Crippen molar-refractivity contribution in [3.63, 3.8) is 0 Å². The maximum atomic E-state index is 3.41. The summed E-state index contributed by atoms with van der Waals surface area (Å²) in [4.78, 5) is 2.47. The van der Waals surface area contributed by atoms with E-state index >= 15 is 0 Å². The molecule has 2 nitrogen and oxygen atoms in total. The lowest BCUT2D eigenvalue weighted by Gasteiger charge is -2.35. The van der Waals surface area contributed by atoms with Crippen LogP contribution < -0.4 is 5.32 Å². The molecule has 1 N–H and O–H groups in total. The Morgan fingerprint density at radius 1 is 1.09 bits per heavy atom. The van der Waals surface area contributed by atoms with Crippen LogP contribution in [0.5, 0.6) is 0 Å². The largest absolute Gasteiger partial charge is 0.390 e. The zero-order valence-electron chi connectivity index (χ0n) is 13.7. The van der Waals surface area contributed by atoms with Crippen LogP contribution in [0.3, 0.4) is 0 Å². The molecule has 22 heavy (non-hydrogen) atoms. The Hall–Kier alpha value is -1.96. The van der Waals surface area contributed by atoms with Crippen molar-refractivity contribution in [2.24, 2.45) is 0 Å². The standard InChI is InChI=1S/C20H26N2/c1-21-19-10-6-7-11-20(19)22(2)18-14-12-17(13-15-18)16-8-4-3-5-9-16/h3-5,8-9,12-14,18,21H,6-7,10-11,15H2,1-2H3. The van der Waals surface area contributed by atoms with Crippen LogP contribution in [-0.4, -0.2) is 25.0 Å². The molecular formula is C20H26N2. The maximum Gasteiger partial charge on any atom is 0.0505 e. The number of nitrogens with one attached hydrogen (secondary N) is 1. The van der Waals surface area contributed by atoms with E-state index in [4.69, 9.17) is 0 Å². The monoisotopic (exact) mass is 294 g/mol. The average Bonchev–Trinajstić information content (AvgIpc) is 2.62. The van der Waals surface area contributed by atoms with E-state index in [1.165, 1.54) is 48.2 Å². The molecule has 0 aromatic heterocycles. The number of likely N-dealkylation sites (N-methyl/N-ethyl adjacent to an activating group) is 1. The molecule has 2 heteroatoms. The minimum atomic E-state index is 0.476. The summed E-state index contributed by atoms with van der Waals surface area (Å²) < 4.78 is 0. The molecule has 2 aliphatic rings. The van der Waals surface area contributed by atoms with Gasteiger partial charge in [-0.1, -0.05) is 48.6 Å². The first-order chi connectivity index (χ1) is 10.8. The number of benzene rings is 1. The fourth-order valence-corrected chi connectivity index (χ4v) is 3.49. The summed E-state index contributed by atoms with van der Waals surface area (Å²) in [6.07, 6.45) is 13.1. The highest BCUT2D eigenvalue weighted by Crippen LogP contribution is 2.30. The number of nitrogens with zero attached hydrogens (tertiary/aromatic N) is 1. The minimum Gasteiger partial charge on any atom is -0.390 e. The zero-order chi connectivity index (χ0) is 15.4. The van der Waals surface area contributed by atoms with Crippen molar-refractivity contribution in [1.82, 2.24) is 10.2 Å². The molecule has 0 saturated carbocycles. The van der Waals surface area contributed by atoms with E-state index in [-0.39, 0.29) is 0 Å². The Morgan fingerprint density at radius 3 is 2.55 bits per heavy atom. The Bertz CT molecular complexity index is 595. The average molecular weight is 294 g/mol. The van der Waals surface area contributed by atoms with Gasteiger partial charge in [-0.25, -0.2) is 0 Å². The molecule has 0 fully saturated rings. The van der Waals surface area contributed by atoms with Crippen molar-refractivity contribution in [3.05, 3.63) is 65.5 Å². The van der Waals surface area contributed by atoms with Crippen LogP contribution in [0.2, 0.25) is 0 Å². The number of rotatable bonds is 4. The van der Waals surface area contributed by atoms with Gasteiger partial charge in [0.05, 0.1) is 6.04 Å². The van der Waals surface area contributed by atoms with Gasteiger partial charge in [-0.05, 0) is 43.2 Å². The minimum absolute atomic E-state index is 0.476. The van der Waals surface area contributed by atoms with Gasteiger partial charge >= 0.3 is 0 Å². The second-order valence-corrected chi connectivity index (χ2v) is 6.18. The Kier molecular flexibility index (Phi) is 4.67. The highest BCUT2D eigenvalue weighted by molar-refractivity contribution is 5.75. The first-order valence-corrected chi connectivity index (χ1v) is 8.36. The summed E-state index contributed by atoms with van der Waals surface area (Å²) in [5, 5.41) is 3.41. The normalized spacial score (nSPS) is 21.5. The van der Waals surface area contributed by atoms with Crippen molar-refractivity contribution < 1.29 is 0 Å². The lowest BCUT2D eigenvalue weighted by atomic mass is 9.94. The predicted octanol–water partition coefficient (Wildman–Crippen LogP) is 4.34. The molecule has 2 aliphatic carbocycles. The van der Waals surface area contributed by atoms with Gasteiger partial charge in [0.2, 0.25) is 0 Å². The molecule has 0 heterocycles. The van der Waals surface area contributed by atoms with Crippen molar-refractivity contribution in [3.8, 4) is 0 Å². The molecular weight excluding hydrogens is 268 g/mol. The van der Waals surface area contributed by atoms with Gasteiger partial charge in [-0.15, -0.1) is 0 Å². The fraction of sp³-hybridized carbons (Fsp3) is 0.400. The van der Waals surface area contributed by atoms with Crippen LogP contribution in [0, 0.1) is 0 Å². The molecule has 1 unspecified atom stereocenters. The van der Waals surface area contributed by atoms with Crippen molar-refractivity contribution in [1.29, 1.82) is 0 Å². The first-order valence-electron chi connectivity index (χ1n) is 8.36. The lowest BCUT2D eigenvalue weighted by Crippen LogP contribution is -2.33. The number of hydrogen-bond donors (Lipinski definition) is 1. The van der Waals surface area contributed by atoms with E-state index in [0.717, 1.165) is 6.42 Å². The molecule has 1 aromatic carbocycles. The fourth-order valence-electron chi connectivity index (χ4n) is 3.49. The van der Waals surface area contributed by atoms with E-state index in [1.54, 1.807) is 0 Å². The van der Waals surface area contributed by atoms with E-state index in [2.05, 4.69) is 72.9 Å². The van der Waals surface area contributed by atoms with Crippen LogP contribution >= 0.6 is 0 Å². The molecule has 116 valence electrons. The topological polar surface area (TPSA) is 15.3 Å². The molecule has 3 rings (SSSR count). The molecule has 0 saturated heterocycles. The van der Waals surface area contributed by atoms with Crippen molar-refractivity contribution in [2.45, 2.75) is 38.1 Å². The molecule has 0 spiro atoms. The van der Waals surface area contributed by atoms with Crippen LogP contribution in [0.25, 0.3) is 5.57 Å². The predicted molar refractivity (Wildman–Crippen MR) is 94.3 cm³/mol. The number of hydrogen-bond acceptors (Lipinski definition) is 2. The molecule has 0 amide bonds. The molecule has 0 bridgehead atoms. The summed E-state index contributed by atoms with van der Waals surface area (Å²) in [7, 11) is 4.30. The summed E-state index contributed by atoms with van der Waals surface area (Å²) >= 11 is 0. The van der Waals surface area contributed by atoms with Gasteiger partial charge in [0, 0.05) is 25.5 Å². The Balaban J connectivity index is 1.72. The van der Waals surface area contributed by atoms with Crippen LogP contribution in [0.1, 0.15) is 37.7 Å². The van der Waals surface area contributed by atoms with Gasteiger partial charge in [0.25, 0.3) is 0 Å². The van der Waals surface area contributed by atoms with E-state index in [9.17, 15) is 0 Å². The van der Waals surface area contributed by atoms with Crippen LogP contribution in [-0.2, 0) is 0 Å². The van der Waals surface area contributed by atoms with Crippen molar-refractivity contribution in [2.75, 3.05) is 14.1 Å². The van der Waals surface area contributed by atoms with E-state index in [1.807, 2.05) is 0 Å².